The molecule has 1 fully saturated rings. The number of amides is 1. The first kappa shape index (κ1) is 18.0. The van der Waals surface area contributed by atoms with E-state index in [4.69, 9.17) is 11.6 Å². The highest BCUT2D eigenvalue weighted by Crippen LogP contribution is 2.27. The average molecular weight is 358 g/mol. The van der Waals surface area contributed by atoms with E-state index in [0.717, 1.165) is 24.5 Å². The summed E-state index contributed by atoms with van der Waals surface area (Å²) in [6, 6.07) is 4.35. The van der Waals surface area contributed by atoms with Crippen molar-refractivity contribution < 1.29 is 9.72 Å². The minimum Gasteiger partial charge on any atom is -0.334 e. The fourth-order valence-corrected chi connectivity index (χ4v) is 3.86. The van der Waals surface area contributed by atoms with E-state index >= 15 is 0 Å². The summed E-state index contributed by atoms with van der Waals surface area (Å²) in [5.41, 5.74) is 0.0858. The second-order valence-corrected chi connectivity index (χ2v) is 7.32. The third kappa shape index (κ3) is 4.59. The van der Waals surface area contributed by atoms with Gasteiger partial charge in [-0.15, -0.1) is 0 Å². The van der Waals surface area contributed by atoms with Crippen molar-refractivity contribution in [2.75, 3.05) is 38.7 Å². The molecule has 1 heterocycles. The maximum Gasteiger partial charge on any atom is 0.288 e. The summed E-state index contributed by atoms with van der Waals surface area (Å²) in [5.74, 6) is 1.73. The zero-order chi connectivity index (χ0) is 17.0. The minimum absolute atomic E-state index is 0.0443. The maximum absolute atomic E-state index is 12.9. The lowest BCUT2D eigenvalue weighted by Crippen LogP contribution is -2.46. The lowest BCUT2D eigenvalue weighted by Gasteiger charge is -2.31. The fraction of sp³-hybridized carbons (Fsp3) is 0.533. The van der Waals surface area contributed by atoms with E-state index in [2.05, 4.69) is 4.90 Å². The smallest absolute Gasteiger partial charge is 0.288 e. The Labute approximate surface area is 144 Å². The van der Waals surface area contributed by atoms with Crippen LogP contribution in [0.25, 0.3) is 0 Å². The van der Waals surface area contributed by atoms with Crippen molar-refractivity contribution in [2.24, 2.45) is 0 Å². The van der Waals surface area contributed by atoms with Gasteiger partial charge in [0.15, 0.2) is 0 Å². The van der Waals surface area contributed by atoms with Crippen molar-refractivity contribution in [3.63, 3.8) is 0 Å². The molecule has 0 N–H and O–H groups in total. The van der Waals surface area contributed by atoms with E-state index < -0.39 is 4.92 Å². The number of nitrogens with zero attached hydrogens (tertiary/aromatic N) is 3. The highest BCUT2D eigenvalue weighted by Gasteiger charge is 2.28. The van der Waals surface area contributed by atoms with Crippen LogP contribution in [0.1, 0.15) is 16.8 Å². The number of rotatable bonds is 4. The van der Waals surface area contributed by atoms with Crippen LogP contribution in [0, 0.1) is 10.1 Å². The van der Waals surface area contributed by atoms with E-state index in [1.807, 2.05) is 30.8 Å². The van der Waals surface area contributed by atoms with E-state index in [9.17, 15) is 14.9 Å². The monoisotopic (exact) mass is 357 g/mol. The molecule has 0 bridgehead atoms. The molecule has 6 nitrogen and oxygen atoms in total. The Morgan fingerprint density at radius 3 is 2.91 bits per heavy atom. The summed E-state index contributed by atoms with van der Waals surface area (Å²) < 4.78 is 0. The van der Waals surface area contributed by atoms with Gasteiger partial charge in [-0.2, -0.15) is 11.8 Å². The van der Waals surface area contributed by atoms with Crippen LogP contribution in [0.3, 0.4) is 0 Å². The first-order valence-corrected chi connectivity index (χ1v) is 8.91. The summed E-state index contributed by atoms with van der Waals surface area (Å²) in [6.45, 7) is 1.44. The highest BCUT2D eigenvalue weighted by molar-refractivity contribution is 7.99. The van der Waals surface area contributed by atoms with Gasteiger partial charge in [0.05, 0.1) is 11.0 Å². The largest absolute Gasteiger partial charge is 0.334 e. The topological polar surface area (TPSA) is 66.7 Å². The molecule has 0 spiro atoms. The van der Waals surface area contributed by atoms with Gasteiger partial charge >= 0.3 is 0 Å². The van der Waals surface area contributed by atoms with E-state index in [-0.39, 0.29) is 22.7 Å². The molecule has 2 rings (SSSR count). The summed E-state index contributed by atoms with van der Waals surface area (Å²) in [5, 5.41) is 11.1. The molecule has 0 saturated carbocycles. The standard InChI is InChI=1S/C15H20ClN3O3S/c1-17(2)9-12-10-23-7-3-6-18(12)15(20)11-4-5-13(16)14(8-11)19(21)22/h4-5,8,12H,3,6-7,9-10H2,1-2H3. The molecule has 1 amide bonds. The van der Waals surface area contributed by atoms with Gasteiger partial charge < -0.3 is 9.80 Å². The Morgan fingerprint density at radius 2 is 2.26 bits per heavy atom. The van der Waals surface area contributed by atoms with Crippen LogP contribution in [-0.2, 0) is 0 Å². The number of thioether (sulfide) groups is 1. The quantitative estimate of drug-likeness (QED) is 0.612. The van der Waals surface area contributed by atoms with Crippen molar-refractivity contribution >= 4 is 35.0 Å². The van der Waals surface area contributed by atoms with Crippen LogP contribution in [-0.4, -0.2) is 65.4 Å². The summed E-state index contributed by atoms with van der Waals surface area (Å²) in [4.78, 5) is 27.2. The molecule has 126 valence electrons. The average Bonchev–Trinajstić information content (AvgIpc) is 2.71. The lowest BCUT2D eigenvalue weighted by atomic mass is 10.1. The Hall–Kier alpha value is -1.31. The van der Waals surface area contributed by atoms with E-state index in [0.29, 0.717) is 12.1 Å². The number of nitro groups is 1. The first-order valence-electron chi connectivity index (χ1n) is 7.37. The van der Waals surface area contributed by atoms with Gasteiger partial charge in [0.25, 0.3) is 11.6 Å². The number of carbonyl (C=O) groups is 1. The van der Waals surface area contributed by atoms with Crippen molar-refractivity contribution in [2.45, 2.75) is 12.5 Å². The molecule has 0 radical (unpaired) electrons. The zero-order valence-electron chi connectivity index (χ0n) is 13.2. The zero-order valence-corrected chi connectivity index (χ0v) is 14.8. The summed E-state index contributed by atoms with van der Waals surface area (Å²) in [6.07, 6.45) is 0.927. The molecule has 1 unspecified atom stereocenters. The number of hydrogen-bond acceptors (Lipinski definition) is 5. The molecule has 1 aromatic carbocycles. The molecule has 23 heavy (non-hydrogen) atoms. The first-order chi connectivity index (χ1) is 10.9. The fourth-order valence-electron chi connectivity index (χ4n) is 2.62. The van der Waals surface area contributed by atoms with Crippen molar-refractivity contribution in [3.05, 3.63) is 38.9 Å². The lowest BCUT2D eigenvalue weighted by molar-refractivity contribution is -0.384. The Bertz CT molecular complexity index is 597. The molecule has 0 aliphatic carbocycles. The van der Waals surface area contributed by atoms with Crippen LogP contribution in [0.5, 0.6) is 0 Å². The predicted octanol–water partition coefficient (Wildman–Crippen LogP) is 2.76. The molecular weight excluding hydrogens is 338 g/mol. The Balaban J connectivity index is 2.28. The number of benzene rings is 1. The van der Waals surface area contributed by atoms with Crippen LogP contribution < -0.4 is 0 Å². The molecule has 0 aromatic heterocycles. The van der Waals surface area contributed by atoms with Gasteiger partial charge in [0, 0.05) is 30.5 Å². The van der Waals surface area contributed by atoms with Crippen LogP contribution >= 0.6 is 23.4 Å². The second-order valence-electron chi connectivity index (χ2n) is 5.77. The van der Waals surface area contributed by atoms with Crippen molar-refractivity contribution in [1.82, 2.24) is 9.80 Å². The van der Waals surface area contributed by atoms with Crippen LogP contribution in [0.4, 0.5) is 5.69 Å². The van der Waals surface area contributed by atoms with E-state index in [1.54, 1.807) is 6.07 Å². The van der Waals surface area contributed by atoms with Gasteiger partial charge in [-0.25, -0.2) is 0 Å². The molecule has 1 aromatic rings. The van der Waals surface area contributed by atoms with Gasteiger partial charge in [-0.1, -0.05) is 11.6 Å². The number of carbonyl (C=O) groups excluding carboxylic acids is 1. The molecule has 1 saturated heterocycles. The third-order valence-electron chi connectivity index (χ3n) is 3.67. The third-order valence-corrected chi connectivity index (χ3v) is 5.18. The highest BCUT2D eigenvalue weighted by atomic mass is 35.5. The van der Waals surface area contributed by atoms with Gasteiger partial charge in [0.1, 0.15) is 5.02 Å². The van der Waals surface area contributed by atoms with Crippen LogP contribution in [0.2, 0.25) is 5.02 Å². The van der Waals surface area contributed by atoms with Crippen molar-refractivity contribution in [3.8, 4) is 0 Å². The summed E-state index contributed by atoms with van der Waals surface area (Å²) >= 11 is 7.67. The molecule has 8 heteroatoms. The normalized spacial score (nSPS) is 18.8. The molecule has 1 aliphatic rings. The second kappa shape index (κ2) is 7.99. The molecular formula is C15H20ClN3O3S. The molecule has 1 atom stereocenters. The number of nitro benzene ring substituents is 1. The number of halogens is 1. The predicted molar refractivity (Wildman–Crippen MR) is 93.4 cm³/mol. The van der Waals surface area contributed by atoms with Crippen LogP contribution in [0.15, 0.2) is 18.2 Å². The SMILES string of the molecule is CN(C)CC1CSCCCN1C(=O)c1ccc(Cl)c([N+](=O)[O-])c1. The van der Waals surface area contributed by atoms with Gasteiger partial charge in [0.2, 0.25) is 0 Å². The number of hydrogen-bond donors (Lipinski definition) is 0. The van der Waals surface area contributed by atoms with Gasteiger partial charge in [-0.3, -0.25) is 14.9 Å². The maximum atomic E-state index is 12.9. The van der Waals surface area contributed by atoms with Gasteiger partial charge in [-0.05, 0) is 38.4 Å². The van der Waals surface area contributed by atoms with Crippen molar-refractivity contribution in [1.29, 1.82) is 0 Å². The summed E-state index contributed by atoms with van der Waals surface area (Å²) in [7, 11) is 3.96. The van der Waals surface area contributed by atoms with E-state index in [1.165, 1.54) is 12.1 Å². The minimum atomic E-state index is -0.561. The number of likely N-dealkylation sites (N-methyl/N-ethyl adjacent to an activating group) is 1. The Morgan fingerprint density at radius 1 is 1.52 bits per heavy atom. The Kier molecular flexibility index (Phi) is 6.26. The molecule has 1 aliphatic heterocycles.